The lowest BCUT2D eigenvalue weighted by Crippen LogP contribution is -2.48. The van der Waals surface area contributed by atoms with Crippen LogP contribution in [0.2, 0.25) is 0 Å². The van der Waals surface area contributed by atoms with E-state index in [4.69, 9.17) is 30.0 Å². The minimum absolute atomic E-state index is 0.377. The molecule has 0 saturated heterocycles. The number of para-hydroxylation sites is 6. The van der Waals surface area contributed by atoms with Gasteiger partial charge >= 0.3 is 0 Å². The highest BCUT2D eigenvalue weighted by molar-refractivity contribution is 6.34. The Bertz CT molecular complexity index is 2990. The molecule has 0 aliphatic carbocycles. The second-order valence-corrected chi connectivity index (χ2v) is 16.5. The molecule has 10 nitrogen and oxygen atoms in total. The highest BCUT2D eigenvalue weighted by Crippen LogP contribution is 2.38. The number of guanidine groups is 3. The standard InChI is InChI=1S/C60H42N10/c1-7-19-46(20-8-1)67(47-21-9-2-10-22-47)52-37-31-43(32-38-52)55-61-58-63-56(44-33-39-53(40-34-44)68(48-23-11-3-12-24-48)49-25-13-4-14-26-49)65-60-66-57(64-59(62-55)70(58)60)45-35-41-54(42-36-45)69(50-27-15-5-16-28-50)51-29-17-6-18-30-51/h1-42H. The van der Waals surface area contributed by atoms with E-state index in [1.165, 1.54) is 0 Å². The number of amidine groups is 3. The van der Waals surface area contributed by atoms with Crippen molar-refractivity contribution in [3.8, 4) is 0 Å². The van der Waals surface area contributed by atoms with Crippen molar-refractivity contribution in [2.75, 3.05) is 14.7 Å². The SMILES string of the molecule is c1ccc(N(c2ccccc2)c2ccc(C3=NC4=NC(c5ccc(N(c6ccccc6)c6ccccc6)cc5)=NC5=NC(c6ccc(N(c7ccccc7)c7ccccc7)cc6)=NC(=N3)N45)cc2)cc1. The third-order valence-electron chi connectivity index (χ3n) is 12.1. The molecule has 3 heterocycles. The third kappa shape index (κ3) is 8.22. The van der Waals surface area contributed by atoms with Gasteiger partial charge in [-0.3, -0.25) is 0 Å². The second kappa shape index (κ2) is 18.5. The Kier molecular flexibility index (Phi) is 11.0. The van der Waals surface area contributed by atoms with Crippen LogP contribution in [0.4, 0.5) is 51.2 Å². The molecule has 332 valence electrons. The number of nitrogens with zero attached hydrogens (tertiary/aromatic N) is 10. The average molecular weight is 903 g/mol. The first-order valence-corrected chi connectivity index (χ1v) is 23.0. The lowest BCUT2D eigenvalue weighted by Gasteiger charge is -2.31. The largest absolute Gasteiger partial charge is 0.311 e. The van der Waals surface area contributed by atoms with Gasteiger partial charge in [0.05, 0.1) is 0 Å². The summed E-state index contributed by atoms with van der Waals surface area (Å²) in [5, 5.41) is 0. The van der Waals surface area contributed by atoms with Gasteiger partial charge < -0.3 is 14.7 Å². The molecular formula is C60H42N10. The Morgan fingerprint density at radius 1 is 0.200 bits per heavy atom. The van der Waals surface area contributed by atoms with Crippen LogP contribution < -0.4 is 14.7 Å². The van der Waals surface area contributed by atoms with Crippen LogP contribution in [0.1, 0.15) is 16.7 Å². The lowest BCUT2D eigenvalue weighted by molar-refractivity contribution is 0.828. The molecule has 12 rings (SSSR count). The fourth-order valence-corrected chi connectivity index (χ4v) is 8.76. The number of anilines is 9. The van der Waals surface area contributed by atoms with Crippen molar-refractivity contribution in [1.82, 2.24) is 4.90 Å². The van der Waals surface area contributed by atoms with Gasteiger partial charge in [0.15, 0.2) is 17.5 Å². The normalized spacial score (nSPS) is 13.6. The van der Waals surface area contributed by atoms with Crippen molar-refractivity contribution >= 4 is 86.6 Å². The Hall–Kier alpha value is -9.80. The van der Waals surface area contributed by atoms with Crippen molar-refractivity contribution in [2.24, 2.45) is 30.0 Å². The number of benzene rings is 9. The summed E-state index contributed by atoms with van der Waals surface area (Å²) in [4.78, 5) is 38.9. The molecule has 0 aromatic heterocycles. The maximum atomic E-state index is 5.08. The van der Waals surface area contributed by atoms with Crippen molar-refractivity contribution in [3.05, 3.63) is 271 Å². The zero-order valence-electron chi connectivity index (χ0n) is 37.7. The molecule has 0 radical (unpaired) electrons. The highest BCUT2D eigenvalue weighted by atomic mass is 15.5. The number of hydrogen-bond acceptors (Lipinski definition) is 10. The van der Waals surface area contributed by atoms with Gasteiger partial charge in [-0.1, -0.05) is 109 Å². The molecule has 3 aliphatic rings. The molecule has 0 unspecified atom stereocenters. The molecule has 0 amide bonds. The summed E-state index contributed by atoms with van der Waals surface area (Å²) in [5.74, 6) is 2.55. The summed E-state index contributed by atoms with van der Waals surface area (Å²) in [7, 11) is 0. The van der Waals surface area contributed by atoms with Crippen LogP contribution in [0.25, 0.3) is 0 Å². The van der Waals surface area contributed by atoms with Gasteiger partial charge in [-0.2, -0.15) is 30.0 Å². The van der Waals surface area contributed by atoms with Gasteiger partial charge in [0, 0.05) is 67.9 Å². The van der Waals surface area contributed by atoms with Gasteiger partial charge in [-0.15, -0.1) is 0 Å². The van der Waals surface area contributed by atoms with E-state index in [2.05, 4.69) is 124 Å². The van der Waals surface area contributed by atoms with Gasteiger partial charge in [0.2, 0.25) is 17.9 Å². The van der Waals surface area contributed by atoms with E-state index < -0.39 is 0 Å². The van der Waals surface area contributed by atoms with E-state index in [0.717, 1.165) is 67.9 Å². The monoisotopic (exact) mass is 902 g/mol. The Morgan fingerprint density at radius 3 is 0.586 bits per heavy atom. The summed E-state index contributed by atoms with van der Waals surface area (Å²) in [6.45, 7) is 0. The minimum atomic E-state index is 0.377. The third-order valence-corrected chi connectivity index (χ3v) is 12.1. The van der Waals surface area contributed by atoms with Crippen LogP contribution in [-0.2, 0) is 0 Å². The molecule has 3 aliphatic heterocycles. The summed E-state index contributed by atoms with van der Waals surface area (Å²) < 4.78 is 0. The summed E-state index contributed by atoms with van der Waals surface area (Å²) in [6.07, 6.45) is 0. The number of hydrogen-bond donors (Lipinski definition) is 0. The number of rotatable bonds is 12. The van der Waals surface area contributed by atoms with E-state index in [-0.39, 0.29) is 0 Å². The molecule has 0 atom stereocenters. The summed E-state index contributed by atoms with van der Waals surface area (Å²) in [6, 6.07) is 86.9. The minimum Gasteiger partial charge on any atom is -0.311 e. The zero-order valence-corrected chi connectivity index (χ0v) is 37.7. The summed E-state index contributed by atoms with van der Waals surface area (Å²) in [5.41, 5.74) is 11.7. The van der Waals surface area contributed by atoms with Crippen LogP contribution in [0, 0.1) is 0 Å². The van der Waals surface area contributed by atoms with Crippen molar-refractivity contribution in [1.29, 1.82) is 0 Å². The molecule has 0 saturated carbocycles. The quantitative estimate of drug-likeness (QED) is 0.122. The molecule has 10 heteroatoms. The first-order valence-electron chi connectivity index (χ1n) is 23.0. The van der Waals surface area contributed by atoms with Crippen LogP contribution >= 0.6 is 0 Å². The summed E-state index contributed by atoms with van der Waals surface area (Å²) >= 11 is 0. The van der Waals surface area contributed by atoms with E-state index in [1.54, 1.807) is 4.90 Å². The van der Waals surface area contributed by atoms with Crippen LogP contribution in [0.5, 0.6) is 0 Å². The van der Waals surface area contributed by atoms with Crippen LogP contribution in [0.3, 0.4) is 0 Å². The van der Waals surface area contributed by atoms with Crippen LogP contribution in [-0.4, -0.2) is 40.3 Å². The topological polar surface area (TPSA) is 87.1 Å². The van der Waals surface area contributed by atoms with Crippen molar-refractivity contribution in [2.45, 2.75) is 0 Å². The fraction of sp³-hybridized carbons (Fsp3) is 0. The van der Waals surface area contributed by atoms with Crippen molar-refractivity contribution in [3.63, 3.8) is 0 Å². The maximum Gasteiger partial charge on any atom is 0.243 e. The predicted molar refractivity (Wildman–Crippen MR) is 287 cm³/mol. The molecule has 9 aromatic carbocycles. The first-order chi connectivity index (χ1) is 34.7. The fourth-order valence-electron chi connectivity index (χ4n) is 8.76. The predicted octanol–water partition coefficient (Wildman–Crippen LogP) is 14.1. The molecule has 0 N–H and O–H groups in total. The van der Waals surface area contributed by atoms with Gasteiger partial charge in [0.25, 0.3) is 0 Å². The molecule has 70 heavy (non-hydrogen) atoms. The zero-order chi connectivity index (χ0) is 46.6. The Labute approximate surface area is 405 Å². The van der Waals surface area contributed by atoms with Crippen LogP contribution in [0.15, 0.2) is 285 Å². The molecular weight excluding hydrogens is 861 g/mol. The highest BCUT2D eigenvalue weighted by Gasteiger charge is 2.36. The van der Waals surface area contributed by atoms with E-state index in [9.17, 15) is 0 Å². The molecule has 0 fully saturated rings. The van der Waals surface area contributed by atoms with Gasteiger partial charge in [-0.05, 0) is 146 Å². The molecule has 9 aromatic rings. The van der Waals surface area contributed by atoms with E-state index >= 15 is 0 Å². The number of aliphatic imine (C=N–C) groups is 6. The lowest BCUT2D eigenvalue weighted by atomic mass is 10.1. The van der Waals surface area contributed by atoms with Gasteiger partial charge in [0.1, 0.15) is 0 Å². The maximum absolute atomic E-state index is 5.08. The van der Waals surface area contributed by atoms with Crippen molar-refractivity contribution < 1.29 is 0 Å². The second-order valence-electron chi connectivity index (χ2n) is 16.5. The molecule has 0 bridgehead atoms. The smallest absolute Gasteiger partial charge is 0.243 e. The Balaban J connectivity index is 0.935. The average Bonchev–Trinajstić information content (AvgIpc) is 3.43. The molecule has 0 spiro atoms. The Morgan fingerprint density at radius 2 is 0.386 bits per heavy atom. The van der Waals surface area contributed by atoms with E-state index in [0.29, 0.717) is 35.4 Å². The van der Waals surface area contributed by atoms with E-state index in [1.807, 2.05) is 146 Å². The van der Waals surface area contributed by atoms with Gasteiger partial charge in [-0.25, -0.2) is 4.90 Å². The first kappa shape index (κ1) is 41.6.